The number of hydrogen-bond acceptors (Lipinski definition) is 3. The summed E-state index contributed by atoms with van der Waals surface area (Å²) in [5.74, 6) is -0.0891. The zero-order valence-corrected chi connectivity index (χ0v) is 11.8. The fourth-order valence-electron chi connectivity index (χ4n) is 1.76. The molecule has 0 aliphatic heterocycles. The van der Waals surface area contributed by atoms with Crippen molar-refractivity contribution in [3.8, 4) is 0 Å². The Morgan fingerprint density at radius 2 is 1.89 bits per heavy atom. The summed E-state index contributed by atoms with van der Waals surface area (Å²) in [6.07, 6.45) is 0. The predicted octanol–water partition coefficient (Wildman–Crippen LogP) is 3.09. The minimum absolute atomic E-state index is 0.0891. The lowest BCUT2D eigenvalue weighted by Gasteiger charge is -2.10. The molecule has 3 N–H and O–H groups in total. The zero-order valence-electron chi connectivity index (χ0n) is 10.9. The molecule has 0 aromatic heterocycles. The molecule has 19 heavy (non-hydrogen) atoms. The second kappa shape index (κ2) is 5.80. The van der Waals surface area contributed by atoms with Crippen molar-refractivity contribution in [1.29, 1.82) is 0 Å². The largest absolute Gasteiger partial charge is 0.398 e. The topological polar surface area (TPSA) is 55.1 Å². The summed E-state index contributed by atoms with van der Waals surface area (Å²) in [5, 5.41) is 2.65. The standard InChI is InChI=1S/C15H16N2OS/c1-10-7-8-14(12(16)9-10)19-13-6-4-3-5-11(13)15(18)17-2/h3-9H,16H2,1-2H3,(H,17,18). The fourth-order valence-corrected chi connectivity index (χ4v) is 2.72. The first-order valence-electron chi connectivity index (χ1n) is 5.97. The van der Waals surface area contributed by atoms with Crippen LogP contribution in [0.5, 0.6) is 0 Å². The highest BCUT2D eigenvalue weighted by atomic mass is 32.2. The maximum atomic E-state index is 11.8. The Kier molecular flexibility index (Phi) is 4.12. The third-order valence-electron chi connectivity index (χ3n) is 2.74. The molecule has 0 aliphatic rings. The van der Waals surface area contributed by atoms with Gasteiger partial charge in [0.2, 0.25) is 0 Å². The van der Waals surface area contributed by atoms with E-state index in [2.05, 4.69) is 5.32 Å². The van der Waals surface area contributed by atoms with Crippen LogP contribution in [0.1, 0.15) is 15.9 Å². The van der Waals surface area contributed by atoms with E-state index in [4.69, 9.17) is 5.73 Å². The van der Waals surface area contributed by atoms with Gasteiger partial charge in [-0.25, -0.2) is 0 Å². The molecule has 0 spiro atoms. The molecule has 4 heteroatoms. The molecule has 3 nitrogen and oxygen atoms in total. The van der Waals surface area contributed by atoms with Crippen molar-refractivity contribution in [2.45, 2.75) is 16.7 Å². The summed E-state index contributed by atoms with van der Waals surface area (Å²) >= 11 is 1.51. The van der Waals surface area contributed by atoms with E-state index >= 15 is 0 Å². The molecule has 98 valence electrons. The molecule has 2 rings (SSSR count). The second-order valence-electron chi connectivity index (χ2n) is 4.22. The molecular formula is C15H16N2OS. The van der Waals surface area contributed by atoms with Crippen LogP contribution >= 0.6 is 11.8 Å². The number of benzene rings is 2. The number of nitrogens with one attached hydrogen (secondary N) is 1. The Morgan fingerprint density at radius 1 is 1.16 bits per heavy atom. The van der Waals surface area contributed by atoms with Gasteiger partial charge in [-0.3, -0.25) is 4.79 Å². The number of rotatable bonds is 3. The van der Waals surface area contributed by atoms with Crippen molar-refractivity contribution in [1.82, 2.24) is 5.32 Å². The molecule has 0 bridgehead atoms. The Morgan fingerprint density at radius 3 is 2.58 bits per heavy atom. The van der Waals surface area contributed by atoms with Gasteiger partial charge in [0.1, 0.15) is 0 Å². The smallest absolute Gasteiger partial charge is 0.252 e. The van der Waals surface area contributed by atoms with Gasteiger partial charge in [-0.1, -0.05) is 30.0 Å². The molecule has 0 atom stereocenters. The third kappa shape index (κ3) is 3.09. The van der Waals surface area contributed by atoms with Crippen molar-refractivity contribution < 1.29 is 4.79 Å². The number of anilines is 1. The number of hydrogen-bond donors (Lipinski definition) is 2. The van der Waals surface area contributed by atoms with Crippen molar-refractivity contribution in [2.24, 2.45) is 0 Å². The van der Waals surface area contributed by atoms with E-state index < -0.39 is 0 Å². The van der Waals surface area contributed by atoms with Crippen molar-refractivity contribution >= 4 is 23.4 Å². The highest BCUT2D eigenvalue weighted by Crippen LogP contribution is 2.34. The Bertz CT molecular complexity index is 611. The first kappa shape index (κ1) is 13.5. The van der Waals surface area contributed by atoms with Crippen molar-refractivity contribution in [3.63, 3.8) is 0 Å². The van der Waals surface area contributed by atoms with Crippen LogP contribution in [0.4, 0.5) is 5.69 Å². The highest BCUT2D eigenvalue weighted by molar-refractivity contribution is 7.99. The summed E-state index contributed by atoms with van der Waals surface area (Å²) in [7, 11) is 1.63. The SMILES string of the molecule is CNC(=O)c1ccccc1Sc1ccc(C)cc1N. The number of carbonyl (C=O) groups excluding carboxylic acids is 1. The Hall–Kier alpha value is -1.94. The van der Waals surface area contributed by atoms with E-state index in [1.54, 1.807) is 7.05 Å². The van der Waals surface area contributed by atoms with Crippen LogP contribution in [-0.2, 0) is 0 Å². The normalized spacial score (nSPS) is 10.2. The van der Waals surface area contributed by atoms with Gasteiger partial charge >= 0.3 is 0 Å². The molecule has 0 aliphatic carbocycles. The molecule has 0 heterocycles. The molecule has 2 aromatic rings. The van der Waals surface area contributed by atoms with Crippen molar-refractivity contribution in [3.05, 3.63) is 53.6 Å². The zero-order chi connectivity index (χ0) is 13.8. The van der Waals surface area contributed by atoms with Gasteiger partial charge in [-0.15, -0.1) is 0 Å². The lowest BCUT2D eigenvalue weighted by molar-refractivity contribution is 0.0960. The van der Waals surface area contributed by atoms with E-state index in [0.29, 0.717) is 5.56 Å². The Balaban J connectivity index is 2.35. The number of nitrogen functional groups attached to an aromatic ring is 1. The van der Waals surface area contributed by atoms with Crippen LogP contribution in [0.3, 0.4) is 0 Å². The van der Waals surface area contributed by atoms with Crippen LogP contribution in [-0.4, -0.2) is 13.0 Å². The quantitative estimate of drug-likeness (QED) is 0.844. The minimum atomic E-state index is -0.0891. The first-order chi connectivity index (χ1) is 9.11. The Labute approximate surface area is 117 Å². The van der Waals surface area contributed by atoms with Crippen molar-refractivity contribution in [2.75, 3.05) is 12.8 Å². The monoisotopic (exact) mass is 272 g/mol. The molecule has 0 radical (unpaired) electrons. The van der Waals surface area contributed by atoms with Gasteiger partial charge in [0, 0.05) is 22.5 Å². The van der Waals surface area contributed by atoms with Gasteiger partial charge in [0.25, 0.3) is 5.91 Å². The molecule has 2 aromatic carbocycles. The average Bonchev–Trinajstić information content (AvgIpc) is 2.41. The summed E-state index contributed by atoms with van der Waals surface area (Å²) in [6.45, 7) is 2.00. The summed E-state index contributed by atoms with van der Waals surface area (Å²) in [4.78, 5) is 13.7. The van der Waals surface area contributed by atoms with Crippen LogP contribution in [0.25, 0.3) is 0 Å². The second-order valence-corrected chi connectivity index (χ2v) is 5.30. The number of carbonyl (C=O) groups is 1. The first-order valence-corrected chi connectivity index (χ1v) is 6.78. The molecule has 0 saturated carbocycles. The molecule has 0 unspecified atom stereocenters. The average molecular weight is 272 g/mol. The summed E-state index contributed by atoms with van der Waals surface area (Å²) < 4.78 is 0. The van der Waals surface area contributed by atoms with Gasteiger partial charge in [0.15, 0.2) is 0 Å². The van der Waals surface area contributed by atoms with Crippen LogP contribution in [0.2, 0.25) is 0 Å². The molecule has 0 fully saturated rings. The number of amides is 1. The maximum Gasteiger partial charge on any atom is 0.252 e. The maximum absolute atomic E-state index is 11.8. The third-order valence-corrected chi connectivity index (χ3v) is 3.91. The van der Waals surface area contributed by atoms with Gasteiger partial charge in [0.05, 0.1) is 5.56 Å². The number of aryl methyl sites for hydroxylation is 1. The van der Waals surface area contributed by atoms with Gasteiger partial charge in [-0.2, -0.15) is 0 Å². The van der Waals surface area contributed by atoms with E-state index in [-0.39, 0.29) is 5.91 Å². The van der Waals surface area contributed by atoms with E-state index in [0.717, 1.165) is 21.0 Å². The minimum Gasteiger partial charge on any atom is -0.398 e. The van der Waals surface area contributed by atoms with E-state index in [1.165, 1.54) is 11.8 Å². The fraction of sp³-hybridized carbons (Fsp3) is 0.133. The summed E-state index contributed by atoms with van der Waals surface area (Å²) in [6, 6.07) is 13.4. The lowest BCUT2D eigenvalue weighted by atomic mass is 10.2. The molecule has 0 saturated heterocycles. The van der Waals surface area contributed by atoms with Crippen LogP contribution < -0.4 is 11.1 Å². The van der Waals surface area contributed by atoms with Crippen LogP contribution in [0, 0.1) is 6.92 Å². The van der Waals surface area contributed by atoms with Gasteiger partial charge in [-0.05, 0) is 36.8 Å². The lowest BCUT2D eigenvalue weighted by Crippen LogP contribution is -2.18. The number of nitrogens with two attached hydrogens (primary N) is 1. The van der Waals surface area contributed by atoms with Gasteiger partial charge < -0.3 is 11.1 Å². The molecule has 1 amide bonds. The predicted molar refractivity (Wildman–Crippen MR) is 79.5 cm³/mol. The highest BCUT2D eigenvalue weighted by Gasteiger charge is 2.11. The van der Waals surface area contributed by atoms with E-state index in [9.17, 15) is 4.79 Å². The van der Waals surface area contributed by atoms with E-state index in [1.807, 2.05) is 49.4 Å². The van der Waals surface area contributed by atoms with Crippen LogP contribution in [0.15, 0.2) is 52.3 Å². The summed E-state index contributed by atoms with van der Waals surface area (Å²) in [5.41, 5.74) is 8.53. The molecular weight excluding hydrogens is 256 g/mol.